The van der Waals surface area contributed by atoms with Crippen LogP contribution in [0.25, 0.3) is 10.7 Å². The van der Waals surface area contributed by atoms with Gasteiger partial charge in [0.1, 0.15) is 10.6 Å². The third kappa shape index (κ3) is 3.61. The molecule has 0 saturated heterocycles. The molecule has 11 heteroatoms. The highest BCUT2D eigenvalue weighted by Crippen LogP contribution is 2.50. The van der Waals surface area contributed by atoms with Gasteiger partial charge in [0.25, 0.3) is 0 Å². The zero-order valence-electron chi connectivity index (χ0n) is 17.5. The van der Waals surface area contributed by atoms with Gasteiger partial charge in [-0.15, -0.1) is 0 Å². The van der Waals surface area contributed by atoms with Crippen LogP contribution in [0.3, 0.4) is 0 Å². The Bertz CT molecular complexity index is 1320. The maximum atomic E-state index is 13.6. The number of nitrogens with zero attached hydrogens (tertiary/aromatic N) is 2. The van der Waals surface area contributed by atoms with Gasteiger partial charge < -0.3 is 5.11 Å². The lowest BCUT2D eigenvalue weighted by atomic mass is 9.98. The zero-order valence-corrected chi connectivity index (χ0v) is 20.7. The van der Waals surface area contributed by atoms with Gasteiger partial charge in [0, 0.05) is 23.4 Å². The van der Waals surface area contributed by atoms with Crippen LogP contribution in [0.15, 0.2) is 30.5 Å². The third-order valence-electron chi connectivity index (χ3n) is 5.19. The summed E-state index contributed by atoms with van der Waals surface area (Å²) in [4.78, 5) is 3.73. The molecule has 1 aliphatic rings. The van der Waals surface area contributed by atoms with Crippen LogP contribution in [-0.2, 0) is 24.6 Å². The van der Waals surface area contributed by atoms with E-state index in [1.54, 1.807) is 26.0 Å². The number of hydrogen-bond donors (Lipinski definition) is 1. The van der Waals surface area contributed by atoms with Gasteiger partial charge in [-0.3, -0.25) is 9.29 Å². The minimum atomic E-state index is -4.16. The molecule has 2 heterocycles. The number of benzene rings is 1. The lowest BCUT2D eigenvalue weighted by Crippen LogP contribution is -2.37. The van der Waals surface area contributed by atoms with Crippen molar-refractivity contribution >= 4 is 59.4 Å². The van der Waals surface area contributed by atoms with Crippen LogP contribution in [0, 0.1) is 0 Å². The molecule has 3 rings (SSSR count). The van der Waals surface area contributed by atoms with Gasteiger partial charge >= 0.3 is 0 Å². The molecule has 7 nitrogen and oxygen atoms in total. The molecule has 0 unspecified atom stereocenters. The molecular weight excluding hydrogens is 483 g/mol. The molecule has 0 atom stereocenters. The Kier molecular flexibility index (Phi) is 5.89. The SMILES string of the molecule is CC(C)N(c1c(Cl)ccc(C2=C(O)c3ncccc3C(C)(C)S2(=O)=O)c1Cl)S(C)(=O)=O. The molecule has 2 aromatic rings. The summed E-state index contributed by atoms with van der Waals surface area (Å²) in [6.45, 7) is 6.30. The highest BCUT2D eigenvalue weighted by Gasteiger charge is 2.48. The summed E-state index contributed by atoms with van der Waals surface area (Å²) >= 11 is 12.9. The monoisotopic (exact) mass is 504 g/mol. The van der Waals surface area contributed by atoms with E-state index in [9.17, 15) is 21.9 Å². The van der Waals surface area contributed by atoms with Crippen molar-refractivity contribution in [3.63, 3.8) is 0 Å². The average molecular weight is 505 g/mol. The first-order chi connectivity index (χ1) is 14.1. The number of rotatable bonds is 4. The molecule has 1 N–H and O–H groups in total. The summed E-state index contributed by atoms with van der Waals surface area (Å²) in [5.74, 6) is -0.555. The van der Waals surface area contributed by atoms with Crippen molar-refractivity contribution in [1.82, 2.24) is 4.98 Å². The summed E-state index contributed by atoms with van der Waals surface area (Å²) in [7, 11) is -7.96. The molecule has 0 radical (unpaired) electrons. The molecule has 1 aromatic carbocycles. The van der Waals surface area contributed by atoms with Gasteiger partial charge in [-0.1, -0.05) is 35.3 Å². The quantitative estimate of drug-likeness (QED) is 0.651. The molecule has 0 fully saturated rings. The highest BCUT2D eigenvalue weighted by molar-refractivity contribution is 8.01. The molecular formula is C20H22Cl2N2O5S2. The maximum Gasteiger partial charge on any atom is 0.232 e. The second-order valence-electron chi connectivity index (χ2n) is 8.00. The zero-order chi connectivity index (χ0) is 23.5. The van der Waals surface area contributed by atoms with Crippen molar-refractivity contribution < 1.29 is 21.9 Å². The van der Waals surface area contributed by atoms with E-state index < -0.39 is 41.3 Å². The lowest BCUT2D eigenvalue weighted by Gasteiger charge is -2.34. The normalized spacial score (nSPS) is 17.5. The van der Waals surface area contributed by atoms with E-state index in [1.807, 2.05) is 0 Å². The predicted octanol–water partition coefficient (Wildman–Crippen LogP) is 4.61. The summed E-state index contributed by atoms with van der Waals surface area (Å²) < 4.78 is 51.7. The molecule has 1 aliphatic heterocycles. The second kappa shape index (κ2) is 7.65. The fraction of sp³-hybridized carbons (Fsp3) is 0.350. The predicted molar refractivity (Wildman–Crippen MR) is 125 cm³/mol. The van der Waals surface area contributed by atoms with E-state index in [2.05, 4.69) is 4.98 Å². The molecule has 0 saturated carbocycles. The van der Waals surface area contributed by atoms with E-state index in [4.69, 9.17) is 23.2 Å². The Balaban J connectivity index is 2.44. The summed E-state index contributed by atoms with van der Waals surface area (Å²) in [6, 6.07) is 5.34. The fourth-order valence-electron chi connectivity index (χ4n) is 3.71. The average Bonchev–Trinajstić information content (AvgIpc) is 2.64. The van der Waals surface area contributed by atoms with Gasteiger partial charge in [0.2, 0.25) is 10.0 Å². The minimum absolute atomic E-state index is 0.0268. The topological polar surface area (TPSA) is 105 Å². The standard InChI is InChI=1S/C20H22Cl2N2O5S2/c1-11(2)24(30(5,26)27)17-14(21)9-8-12(15(17)22)19-18(25)16-13(7-6-10-23-16)20(3,4)31(19,28)29/h6-11,25H,1-5H3. The molecule has 1 aromatic heterocycles. The Morgan fingerprint density at radius 3 is 2.32 bits per heavy atom. The van der Waals surface area contributed by atoms with Crippen molar-refractivity contribution in [3.8, 4) is 0 Å². The highest BCUT2D eigenvalue weighted by atomic mass is 35.5. The Hall–Kier alpha value is -1.81. The number of pyridine rings is 1. The van der Waals surface area contributed by atoms with Gasteiger partial charge in [0.15, 0.2) is 15.6 Å². The molecule has 0 bridgehead atoms. The number of aliphatic hydroxyl groups excluding tert-OH is 1. The number of sulfone groups is 1. The van der Waals surface area contributed by atoms with Crippen molar-refractivity contribution in [2.24, 2.45) is 0 Å². The van der Waals surface area contributed by atoms with E-state index in [0.717, 1.165) is 10.6 Å². The number of aliphatic hydroxyl groups is 1. The lowest BCUT2D eigenvalue weighted by molar-refractivity contribution is 0.501. The smallest absolute Gasteiger partial charge is 0.232 e. The van der Waals surface area contributed by atoms with E-state index in [1.165, 1.54) is 32.2 Å². The van der Waals surface area contributed by atoms with Crippen LogP contribution in [0.4, 0.5) is 5.69 Å². The Morgan fingerprint density at radius 1 is 1.16 bits per heavy atom. The first-order valence-electron chi connectivity index (χ1n) is 9.25. The fourth-order valence-corrected chi connectivity index (χ4v) is 7.58. The Labute approximate surface area is 192 Å². The molecule has 0 aliphatic carbocycles. The molecule has 168 valence electrons. The molecule has 0 amide bonds. The number of halogens is 2. The third-order valence-corrected chi connectivity index (χ3v) is 9.72. The first kappa shape index (κ1) is 23.8. The number of aromatic nitrogens is 1. The number of sulfonamides is 1. The van der Waals surface area contributed by atoms with Crippen molar-refractivity contribution in [1.29, 1.82) is 0 Å². The summed E-state index contributed by atoms with van der Waals surface area (Å²) in [6.07, 6.45) is 2.45. The maximum absolute atomic E-state index is 13.6. The number of hydrogen-bond acceptors (Lipinski definition) is 6. The van der Waals surface area contributed by atoms with E-state index >= 15 is 0 Å². The van der Waals surface area contributed by atoms with Crippen LogP contribution in [0.1, 0.15) is 44.5 Å². The van der Waals surface area contributed by atoms with Crippen molar-refractivity contribution in [3.05, 3.63) is 57.3 Å². The van der Waals surface area contributed by atoms with Crippen LogP contribution < -0.4 is 4.31 Å². The van der Waals surface area contributed by atoms with Crippen LogP contribution >= 0.6 is 23.2 Å². The molecule has 0 spiro atoms. The van der Waals surface area contributed by atoms with E-state index in [-0.39, 0.29) is 27.0 Å². The van der Waals surface area contributed by atoms with Gasteiger partial charge in [-0.25, -0.2) is 16.8 Å². The first-order valence-corrected chi connectivity index (χ1v) is 13.3. The number of anilines is 1. The second-order valence-corrected chi connectivity index (χ2v) is 13.1. The van der Waals surface area contributed by atoms with Crippen molar-refractivity contribution in [2.75, 3.05) is 10.6 Å². The van der Waals surface area contributed by atoms with E-state index in [0.29, 0.717) is 5.56 Å². The Morgan fingerprint density at radius 2 is 1.77 bits per heavy atom. The van der Waals surface area contributed by atoms with Crippen molar-refractivity contribution in [2.45, 2.75) is 38.5 Å². The van der Waals surface area contributed by atoms with Crippen LogP contribution in [0.2, 0.25) is 10.0 Å². The number of fused-ring (bicyclic) bond motifs is 1. The largest absolute Gasteiger partial charge is 0.504 e. The van der Waals surface area contributed by atoms with Crippen LogP contribution in [0.5, 0.6) is 0 Å². The van der Waals surface area contributed by atoms with Gasteiger partial charge in [-0.05, 0) is 39.8 Å². The summed E-state index contributed by atoms with van der Waals surface area (Å²) in [5, 5.41) is 10.8. The molecule has 31 heavy (non-hydrogen) atoms. The summed E-state index contributed by atoms with van der Waals surface area (Å²) in [5.41, 5.74) is 0.353. The van der Waals surface area contributed by atoms with Gasteiger partial charge in [-0.2, -0.15) is 0 Å². The van der Waals surface area contributed by atoms with Crippen LogP contribution in [-0.4, -0.2) is 39.2 Å². The van der Waals surface area contributed by atoms with Gasteiger partial charge in [0.05, 0.1) is 26.7 Å². The minimum Gasteiger partial charge on any atom is -0.504 e.